The van der Waals surface area contributed by atoms with Gasteiger partial charge in [-0.05, 0) is 93.2 Å². The number of pyridine rings is 1. The van der Waals surface area contributed by atoms with Crippen molar-refractivity contribution < 1.29 is 23.4 Å². The van der Waals surface area contributed by atoms with Crippen LogP contribution in [0.5, 0.6) is 0 Å². The van der Waals surface area contributed by atoms with E-state index in [2.05, 4.69) is 36.2 Å². The van der Waals surface area contributed by atoms with Crippen LogP contribution < -0.4 is 5.32 Å². The van der Waals surface area contributed by atoms with Gasteiger partial charge in [-0.2, -0.15) is 0 Å². The SMILES string of the molecule is CC(C)(C)OC(=O)C(c1cc(F)ccc1C1COCC1(C)C)N1CC(OCCCCCc2ccc3c(n2)NCCC3)C1. The molecule has 0 aliphatic carbocycles. The Morgan fingerprint density at radius 3 is 2.74 bits per heavy atom. The number of unbranched alkanes of at least 4 members (excludes halogenated alkanes) is 2. The van der Waals surface area contributed by atoms with Crippen LogP contribution in [0, 0.1) is 11.2 Å². The van der Waals surface area contributed by atoms with Crippen molar-refractivity contribution in [1.29, 1.82) is 0 Å². The van der Waals surface area contributed by atoms with Gasteiger partial charge in [-0.15, -0.1) is 0 Å². The quantitative estimate of drug-likeness (QED) is 0.250. The summed E-state index contributed by atoms with van der Waals surface area (Å²) in [5, 5.41) is 3.41. The third-order valence-electron chi connectivity index (χ3n) is 8.67. The Balaban J connectivity index is 1.15. The highest BCUT2D eigenvalue weighted by Crippen LogP contribution is 2.45. The number of hydrogen-bond donors (Lipinski definition) is 1. The summed E-state index contributed by atoms with van der Waals surface area (Å²) in [5.74, 6) is 0.427. The molecule has 2 unspecified atom stereocenters. The van der Waals surface area contributed by atoms with Crippen LogP contribution in [0.2, 0.25) is 0 Å². The predicted molar refractivity (Wildman–Crippen MR) is 162 cm³/mol. The van der Waals surface area contributed by atoms with E-state index in [0.717, 1.165) is 55.7 Å². The van der Waals surface area contributed by atoms with E-state index in [1.165, 1.54) is 24.1 Å². The fourth-order valence-corrected chi connectivity index (χ4v) is 6.34. The monoisotopic (exact) mass is 581 g/mol. The number of ether oxygens (including phenoxy) is 3. The van der Waals surface area contributed by atoms with Crippen LogP contribution in [-0.4, -0.2) is 67.0 Å². The first-order valence-electron chi connectivity index (χ1n) is 15.7. The molecule has 0 radical (unpaired) electrons. The molecule has 1 aromatic heterocycles. The maximum absolute atomic E-state index is 14.7. The first kappa shape index (κ1) is 30.9. The zero-order valence-corrected chi connectivity index (χ0v) is 26.0. The lowest BCUT2D eigenvalue weighted by Crippen LogP contribution is -2.56. The van der Waals surface area contributed by atoms with Crippen molar-refractivity contribution in [3.63, 3.8) is 0 Å². The number of benzene rings is 1. The molecule has 8 heteroatoms. The summed E-state index contributed by atoms with van der Waals surface area (Å²) in [4.78, 5) is 20.5. The molecular weight excluding hydrogens is 533 g/mol. The molecule has 42 heavy (non-hydrogen) atoms. The number of carbonyl (C=O) groups excluding carboxylic acids is 1. The number of fused-ring (bicyclic) bond motifs is 1. The summed E-state index contributed by atoms with van der Waals surface area (Å²) in [5.41, 5.74) is 3.35. The molecule has 1 N–H and O–H groups in total. The lowest BCUT2D eigenvalue weighted by Gasteiger charge is -2.44. The number of nitrogens with zero attached hydrogens (tertiary/aromatic N) is 2. The normalized spacial score (nSPS) is 21.3. The number of aryl methyl sites for hydroxylation is 2. The van der Waals surface area contributed by atoms with E-state index in [0.29, 0.717) is 38.5 Å². The first-order valence-corrected chi connectivity index (χ1v) is 15.7. The molecule has 3 aliphatic heterocycles. The van der Waals surface area contributed by atoms with E-state index < -0.39 is 11.6 Å². The van der Waals surface area contributed by atoms with Gasteiger partial charge in [0.05, 0.1) is 19.3 Å². The number of rotatable bonds is 11. The molecule has 0 amide bonds. The second-order valence-corrected chi connectivity index (χ2v) is 13.9. The summed E-state index contributed by atoms with van der Waals surface area (Å²) < 4.78 is 32.5. The second kappa shape index (κ2) is 13.0. The number of nitrogens with one attached hydrogen (secondary N) is 1. The average Bonchev–Trinajstić information content (AvgIpc) is 3.26. The number of aromatic nitrogens is 1. The van der Waals surface area contributed by atoms with Gasteiger partial charge in [0.2, 0.25) is 0 Å². The van der Waals surface area contributed by atoms with Crippen molar-refractivity contribution in [3.05, 3.63) is 58.5 Å². The van der Waals surface area contributed by atoms with Crippen LogP contribution in [-0.2, 0) is 31.8 Å². The van der Waals surface area contributed by atoms with E-state index in [9.17, 15) is 9.18 Å². The number of carbonyl (C=O) groups is 1. The predicted octanol–water partition coefficient (Wildman–Crippen LogP) is 6.22. The van der Waals surface area contributed by atoms with E-state index in [1.807, 2.05) is 26.8 Å². The fraction of sp³-hybridized carbons (Fsp3) is 0.647. The van der Waals surface area contributed by atoms with Gasteiger partial charge >= 0.3 is 5.97 Å². The van der Waals surface area contributed by atoms with Gasteiger partial charge in [-0.25, -0.2) is 14.2 Å². The minimum absolute atomic E-state index is 0.0478. The van der Waals surface area contributed by atoms with Gasteiger partial charge in [-0.3, -0.25) is 4.90 Å². The Bertz CT molecular complexity index is 1240. The summed E-state index contributed by atoms with van der Waals surface area (Å²) in [6.45, 7) is 14.0. The minimum atomic E-state index is -0.690. The van der Waals surface area contributed by atoms with Crippen molar-refractivity contribution in [1.82, 2.24) is 9.88 Å². The maximum atomic E-state index is 14.7. The van der Waals surface area contributed by atoms with Gasteiger partial charge in [0.1, 0.15) is 23.3 Å². The van der Waals surface area contributed by atoms with Crippen LogP contribution in [0.4, 0.5) is 10.2 Å². The molecule has 2 atom stereocenters. The Labute approximate surface area is 250 Å². The lowest BCUT2D eigenvalue weighted by molar-refractivity contribution is -0.168. The summed E-state index contributed by atoms with van der Waals surface area (Å²) in [7, 11) is 0. The molecule has 0 spiro atoms. The highest BCUT2D eigenvalue weighted by molar-refractivity contribution is 5.79. The van der Waals surface area contributed by atoms with Crippen LogP contribution in [0.15, 0.2) is 30.3 Å². The zero-order valence-electron chi connectivity index (χ0n) is 26.0. The molecule has 5 rings (SSSR count). The summed E-state index contributed by atoms with van der Waals surface area (Å²) in [6, 6.07) is 8.52. The van der Waals surface area contributed by atoms with Crippen molar-refractivity contribution in [2.75, 3.05) is 44.8 Å². The molecule has 0 bridgehead atoms. The smallest absolute Gasteiger partial charge is 0.328 e. The molecule has 2 aromatic rings. The average molecular weight is 582 g/mol. The molecule has 2 saturated heterocycles. The van der Waals surface area contributed by atoms with Crippen LogP contribution in [0.1, 0.15) is 94.6 Å². The van der Waals surface area contributed by atoms with E-state index in [-0.39, 0.29) is 29.2 Å². The Kier molecular flexibility index (Phi) is 9.55. The van der Waals surface area contributed by atoms with Gasteiger partial charge in [0.25, 0.3) is 0 Å². The highest BCUT2D eigenvalue weighted by Gasteiger charge is 2.44. The fourth-order valence-electron chi connectivity index (χ4n) is 6.34. The topological polar surface area (TPSA) is 72.9 Å². The Morgan fingerprint density at radius 2 is 2.00 bits per heavy atom. The standard InChI is InChI=1S/C34H48FN3O4/c1-33(2,3)42-32(39)30(28-18-24(35)13-15-27(28)29-21-40-22-34(29,4)5)38-19-26(20-38)41-17-8-6-7-11-25-14-12-23-10-9-16-36-31(23)37-25/h12-15,18,26,29-30H,6-11,16-17,19-22H2,1-5H3,(H,36,37). The third-order valence-corrected chi connectivity index (χ3v) is 8.67. The Morgan fingerprint density at radius 1 is 1.19 bits per heavy atom. The number of anilines is 1. The highest BCUT2D eigenvalue weighted by atomic mass is 19.1. The van der Waals surface area contributed by atoms with Crippen molar-refractivity contribution in [2.24, 2.45) is 5.41 Å². The van der Waals surface area contributed by atoms with Gasteiger partial charge in [0, 0.05) is 37.9 Å². The molecular formula is C34H48FN3O4. The maximum Gasteiger partial charge on any atom is 0.328 e. The van der Waals surface area contributed by atoms with Gasteiger partial charge < -0.3 is 19.5 Å². The van der Waals surface area contributed by atoms with E-state index in [4.69, 9.17) is 19.2 Å². The van der Waals surface area contributed by atoms with Gasteiger partial charge in [-0.1, -0.05) is 32.4 Å². The van der Waals surface area contributed by atoms with E-state index in [1.54, 1.807) is 0 Å². The van der Waals surface area contributed by atoms with Crippen molar-refractivity contribution >= 4 is 11.8 Å². The van der Waals surface area contributed by atoms with E-state index >= 15 is 0 Å². The Hall–Kier alpha value is -2.55. The lowest BCUT2D eigenvalue weighted by atomic mass is 9.75. The largest absolute Gasteiger partial charge is 0.459 e. The first-order chi connectivity index (χ1) is 20.0. The van der Waals surface area contributed by atoms with Crippen LogP contribution in [0.25, 0.3) is 0 Å². The molecule has 2 fully saturated rings. The second-order valence-electron chi connectivity index (χ2n) is 13.9. The van der Waals surface area contributed by atoms with Crippen LogP contribution >= 0.6 is 0 Å². The van der Waals surface area contributed by atoms with Crippen molar-refractivity contribution in [3.8, 4) is 0 Å². The van der Waals surface area contributed by atoms with Gasteiger partial charge in [0.15, 0.2) is 0 Å². The van der Waals surface area contributed by atoms with Crippen LogP contribution in [0.3, 0.4) is 0 Å². The zero-order chi connectivity index (χ0) is 29.9. The summed E-state index contributed by atoms with van der Waals surface area (Å²) in [6.07, 6.45) is 6.45. The summed E-state index contributed by atoms with van der Waals surface area (Å²) >= 11 is 0. The molecule has 0 saturated carbocycles. The minimum Gasteiger partial charge on any atom is -0.459 e. The number of hydrogen-bond acceptors (Lipinski definition) is 7. The number of esters is 1. The number of likely N-dealkylation sites (tertiary alicyclic amines) is 1. The third kappa shape index (κ3) is 7.50. The molecule has 4 heterocycles. The molecule has 3 aliphatic rings. The molecule has 230 valence electrons. The number of halogens is 1. The molecule has 1 aromatic carbocycles. The molecule has 7 nitrogen and oxygen atoms in total. The van der Waals surface area contributed by atoms with Crippen molar-refractivity contribution in [2.45, 2.75) is 96.8 Å².